The number of sulfonamides is 1. The van der Waals surface area contributed by atoms with Crippen LogP contribution in [0.2, 0.25) is 0 Å². The Morgan fingerprint density at radius 3 is 2.40 bits per heavy atom. The second kappa shape index (κ2) is 9.83. The molecule has 0 spiro atoms. The van der Waals surface area contributed by atoms with Crippen molar-refractivity contribution in [2.75, 3.05) is 42.1 Å². The Labute approximate surface area is 207 Å². The number of hydrogen-bond donors (Lipinski definition) is 1. The Kier molecular flexibility index (Phi) is 7.00. The summed E-state index contributed by atoms with van der Waals surface area (Å²) in [5.41, 5.74) is 2.92. The second-order valence-corrected chi connectivity index (χ2v) is 11.4. The highest BCUT2D eigenvalue weighted by atomic mass is 32.2. The molecule has 0 atom stereocenters. The monoisotopic (exact) mass is 496 g/mol. The lowest BCUT2D eigenvalue weighted by Gasteiger charge is -2.28. The standard InChI is InChI=1S/C26H32N4O4S/c1-5-6-19(12-16-31)23-22-11-13-30(24(22)28-25(27-23)29-14-17-34-18-15-29)35(32,33)21-9-7-20(8-10-21)26(2,3)4/h5-10,12,16,31H,1,11,13-15,17-18H2,2-4H3/b16-12+,19-6+. The number of nitrogens with zero attached hydrogens (tertiary/aromatic N) is 4. The smallest absolute Gasteiger partial charge is 0.265 e. The van der Waals surface area contributed by atoms with Crippen LogP contribution in [-0.4, -0.2) is 56.3 Å². The number of fused-ring (bicyclic) bond motifs is 1. The van der Waals surface area contributed by atoms with E-state index in [1.807, 2.05) is 17.0 Å². The van der Waals surface area contributed by atoms with Crippen LogP contribution in [0.1, 0.15) is 37.6 Å². The molecular weight excluding hydrogens is 464 g/mol. The molecular formula is C26H32N4O4S. The van der Waals surface area contributed by atoms with E-state index in [1.165, 1.54) is 10.4 Å². The van der Waals surface area contributed by atoms with Gasteiger partial charge in [-0.05, 0) is 35.6 Å². The quantitative estimate of drug-likeness (QED) is 0.477. The van der Waals surface area contributed by atoms with Gasteiger partial charge in [-0.15, -0.1) is 0 Å². The Hall–Kier alpha value is -3.17. The lowest BCUT2D eigenvalue weighted by Crippen LogP contribution is -2.38. The van der Waals surface area contributed by atoms with Crippen molar-refractivity contribution < 1.29 is 18.3 Å². The van der Waals surface area contributed by atoms with Gasteiger partial charge in [0.25, 0.3) is 10.0 Å². The number of aromatic nitrogens is 2. The molecule has 2 aromatic rings. The number of rotatable bonds is 6. The van der Waals surface area contributed by atoms with Crippen LogP contribution in [-0.2, 0) is 26.6 Å². The fourth-order valence-corrected chi connectivity index (χ4v) is 5.71. The van der Waals surface area contributed by atoms with Gasteiger partial charge < -0.3 is 14.7 Å². The Morgan fingerprint density at radius 1 is 1.11 bits per heavy atom. The van der Waals surface area contributed by atoms with Gasteiger partial charge in [0.15, 0.2) is 5.82 Å². The third-order valence-electron chi connectivity index (χ3n) is 6.20. The minimum absolute atomic E-state index is 0.0775. The van der Waals surface area contributed by atoms with E-state index in [1.54, 1.807) is 24.3 Å². The molecule has 2 aliphatic heterocycles. The molecule has 1 N–H and O–H groups in total. The zero-order chi connectivity index (χ0) is 25.2. The summed E-state index contributed by atoms with van der Waals surface area (Å²) in [6, 6.07) is 7.06. The average Bonchev–Trinajstić information content (AvgIpc) is 3.28. The number of benzene rings is 1. The van der Waals surface area contributed by atoms with Crippen LogP contribution < -0.4 is 9.21 Å². The van der Waals surface area contributed by atoms with Gasteiger partial charge in [0, 0.05) is 30.8 Å². The maximum atomic E-state index is 13.7. The highest BCUT2D eigenvalue weighted by Gasteiger charge is 2.36. The van der Waals surface area contributed by atoms with Crippen molar-refractivity contribution in [3.05, 3.63) is 72.2 Å². The van der Waals surface area contributed by atoms with E-state index < -0.39 is 10.0 Å². The molecule has 35 heavy (non-hydrogen) atoms. The first-order valence-electron chi connectivity index (χ1n) is 11.7. The van der Waals surface area contributed by atoms with Crippen LogP contribution in [0.4, 0.5) is 11.8 Å². The summed E-state index contributed by atoms with van der Waals surface area (Å²) in [6.07, 6.45) is 6.27. The molecule has 0 radical (unpaired) electrons. The van der Waals surface area contributed by atoms with E-state index in [2.05, 4.69) is 27.4 Å². The molecule has 1 fully saturated rings. The summed E-state index contributed by atoms with van der Waals surface area (Å²) >= 11 is 0. The summed E-state index contributed by atoms with van der Waals surface area (Å²) in [5, 5.41) is 9.47. The molecule has 1 saturated heterocycles. The fraction of sp³-hybridized carbons (Fsp3) is 0.385. The van der Waals surface area contributed by atoms with Crippen LogP contribution in [0, 0.1) is 0 Å². The van der Waals surface area contributed by atoms with E-state index in [-0.39, 0.29) is 16.9 Å². The van der Waals surface area contributed by atoms with Crippen molar-refractivity contribution in [2.45, 2.75) is 37.5 Å². The van der Waals surface area contributed by atoms with Gasteiger partial charge in [-0.25, -0.2) is 17.7 Å². The molecule has 186 valence electrons. The van der Waals surface area contributed by atoms with E-state index in [4.69, 9.17) is 14.7 Å². The third-order valence-corrected chi connectivity index (χ3v) is 8.01. The van der Waals surface area contributed by atoms with Crippen molar-refractivity contribution in [1.82, 2.24) is 9.97 Å². The molecule has 0 aliphatic carbocycles. The summed E-state index contributed by atoms with van der Waals surface area (Å²) in [5.74, 6) is 0.811. The van der Waals surface area contributed by atoms with Crippen LogP contribution in [0.15, 0.2) is 60.2 Å². The van der Waals surface area contributed by atoms with Gasteiger partial charge >= 0.3 is 0 Å². The van der Waals surface area contributed by atoms with Gasteiger partial charge in [0.1, 0.15) is 0 Å². The zero-order valence-electron chi connectivity index (χ0n) is 20.4. The summed E-state index contributed by atoms with van der Waals surface area (Å²) in [6.45, 7) is 12.6. The number of anilines is 2. The molecule has 9 heteroatoms. The van der Waals surface area contributed by atoms with Crippen molar-refractivity contribution in [3.8, 4) is 0 Å². The van der Waals surface area contributed by atoms with Gasteiger partial charge in [-0.1, -0.05) is 51.6 Å². The largest absolute Gasteiger partial charge is 0.516 e. The summed E-state index contributed by atoms with van der Waals surface area (Å²) in [4.78, 5) is 11.7. The van der Waals surface area contributed by atoms with E-state index in [9.17, 15) is 13.5 Å². The number of aliphatic hydroxyl groups excluding tert-OH is 1. The highest BCUT2D eigenvalue weighted by molar-refractivity contribution is 7.92. The minimum Gasteiger partial charge on any atom is -0.516 e. The Balaban J connectivity index is 1.82. The Morgan fingerprint density at radius 2 is 1.80 bits per heavy atom. The van der Waals surface area contributed by atoms with Gasteiger partial charge in [0.05, 0.1) is 30.1 Å². The van der Waals surface area contributed by atoms with Gasteiger partial charge in [-0.2, -0.15) is 4.98 Å². The van der Waals surface area contributed by atoms with Crippen LogP contribution in [0.25, 0.3) is 5.57 Å². The van der Waals surface area contributed by atoms with Crippen LogP contribution in [0.3, 0.4) is 0 Å². The van der Waals surface area contributed by atoms with Crippen LogP contribution >= 0.6 is 0 Å². The number of aliphatic hydroxyl groups is 1. The number of allylic oxidation sites excluding steroid dienone is 4. The summed E-state index contributed by atoms with van der Waals surface area (Å²) < 4.78 is 34.3. The SMILES string of the molecule is C=C/C=C(\C=C\O)c1nc(N2CCOCC2)nc2c1CCN2S(=O)(=O)c1ccc(C(C)(C)C)cc1. The van der Waals surface area contributed by atoms with E-state index in [0.717, 1.165) is 17.4 Å². The molecule has 0 amide bonds. The predicted octanol–water partition coefficient (Wildman–Crippen LogP) is 4.00. The molecule has 0 saturated carbocycles. The van der Waals surface area contributed by atoms with Crippen molar-refractivity contribution in [2.24, 2.45) is 0 Å². The topological polar surface area (TPSA) is 95.9 Å². The van der Waals surface area contributed by atoms with E-state index in [0.29, 0.717) is 55.8 Å². The van der Waals surface area contributed by atoms with Gasteiger partial charge in [0.2, 0.25) is 5.95 Å². The molecule has 1 aromatic carbocycles. The third kappa shape index (κ3) is 4.97. The molecule has 4 rings (SSSR count). The second-order valence-electron chi connectivity index (χ2n) is 9.55. The number of morpholine rings is 1. The average molecular weight is 497 g/mol. The molecule has 2 aliphatic rings. The maximum Gasteiger partial charge on any atom is 0.265 e. The number of hydrogen-bond acceptors (Lipinski definition) is 7. The first-order valence-corrected chi connectivity index (χ1v) is 13.1. The van der Waals surface area contributed by atoms with Crippen LogP contribution in [0.5, 0.6) is 0 Å². The highest BCUT2D eigenvalue weighted by Crippen LogP contribution is 2.37. The summed E-state index contributed by atoms with van der Waals surface area (Å²) in [7, 11) is -3.84. The fourth-order valence-electron chi connectivity index (χ4n) is 4.27. The van der Waals surface area contributed by atoms with E-state index >= 15 is 0 Å². The molecule has 1 aromatic heterocycles. The predicted molar refractivity (Wildman–Crippen MR) is 138 cm³/mol. The normalized spacial score (nSPS) is 17.2. The van der Waals surface area contributed by atoms with Crippen molar-refractivity contribution >= 4 is 27.4 Å². The number of ether oxygens (including phenoxy) is 1. The first-order chi connectivity index (χ1) is 16.7. The van der Waals surface area contributed by atoms with Crippen molar-refractivity contribution in [3.63, 3.8) is 0 Å². The minimum atomic E-state index is -3.84. The first kappa shape index (κ1) is 24.9. The van der Waals surface area contributed by atoms with Crippen molar-refractivity contribution in [1.29, 1.82) is 0 Å². The van der Waals surface area contributed by atoms with Gasteiger partial charge in [-0.3, -0.25) is 0 Å². The molecule has 0 unspecified atom stereocenters. The Bertz CT molecular complexity index is 1260. The molecule has 8 nitrogen and oxygen atoms in total. The zero-order valence-corrected chi connectivity index (χ0v) is 21.3. The maximum absolute atomic E-state index is 13.7. The lowest BCUT2D eigenvalue weighted by molar-refractivity contribution is 0.122. The molecule has 0 bridgehead atoms. The lowest BCUT2D eigenvalue weighted by atomic mass is 9.87. The molecule has 3 heterocycles.